The summed E-state index contributed by atoms with van der Waals surface area (Å²) in [7, 11) is 3.51. The maximum atomic E-state index is 13.3. The molecule has 0 aliphatic carbocycles. The molecule has 1 saturated heterocycles. The second kappa shape index (κ2) is 13.5. The van der Waals surface area contributed by atoms with Crippen molar-refractivity contribution in [1.29, 1.82) is 5.26 Å². The van der Waals surface area contributed by atoms with Crippen molar-refractivity contribution in [3.05, 3.63) is 75.3 Å². The smallest absolute Gasteiger partial charge is 0.308 e. The van der Waals surface area contributed by atoms with Gasteiger partial charge in [0, 0.05) is 54.8 Å². The van der Waals surface area contributed by atoms with Gasteiger partial charge in [-0.3, -0.25) is 19.4 Å². The van der Waals surface area contributed by atoms with E-state index >= 15 is 0 Å². The third-order valence-electron chi connectivity index (χ3n) is 10.5. The predicted octanol–water partition coefficient (Wildman–Crippen LogP) is 4.59. The number of rotatable bonds is 9. The van der Waals surface area contributed by atoms with Crippen LogP contribution in [0.2, 0.25) is 0 Å². The molecule has 262 valence electrons. The fourth-order valence-corrected chi connectivity index (χ4v) is 8.40. The zero-order chi connectivity index (χ0) is 35.3. The summed E-state index contributed by atoms with van der Waals surface area (Å²) < 4.78 is 35.3. The second-order valence-electron chi connectivity index (χ2n) is 13.4. The lowest BCUT2D eigenvalue weighted by atomic mass is 9.71. The average Bonchev–Trinajstić information content (AvgIpc) is 3.59. The summed E-state index contributed by atoms with van der Waals surface area (Å²) in [5, 5.41) is 22.2. The topological polar surface area (TPSA) is 140 Å². The maximum Gasteiger partial charge on any atom is 0.308 e. The SMILES string of the molecule is COCOc1c(O)c(C)cc2c1[C@H]1C3Cc4c(OC(C)=O)c(C)c5c(c4[C@H](COC(=O)CCc4ccccc4)N3[C@@H](C#N)[C@@H](C2)N1C)OCO5. The van der Waals surface area contributed by atoms with E-state index in [1.807, 2.05) is 57.3 Å². The van der Waals surface area contributed by atoms with E-state index in [9.17, 15) is 20.0 Å². The number of hydrogen-bond donors (Lipinski definition) is 1. The van der Waals surface area contributed by atoms with Gasteiger partial charge < -0.3 is 33.5 Å². The Bertz CT molecular complexity index is 1870. The molecule has 1 unspecified atom stereocenters. The number of ether oxygens (including phenoxy) is 6. The van der Waals surface area contributed by atoms with Crippen molar-refractivity contribution in [2.75, 3.05) is 34.4 Å². The molecule has 5 atom stereocenters. The van der Waals surface area contributed by atoms with E-state index in [4.69, 9.17) is 28.4 Å². The first kappa shape index (κ1) is 33.7. The molecule has 1 fully saturated rings. The third-order valence-corrected chi connectivity index (χ3v) is 10.5. The van der Waals surface area contributed by atoms with Gasteiger partial charge in [-0.1, -0.05) is 36.4 Å². The number of benzene rings is 3. The van der Waals surface area contributed by atoms with Crippen LogP contribution in [-0.4, -0.2) is 79.3 Å². The van der Waals surface area contributed by atoms with Crippen LogP contribution in [0.25, 0.3) is 0 Å². The fourth-order valence-electron chi connectivity index (χ4n) is 8.40. The van der Waals surface area contributed by atoms with Crippen LogP contribution in [0.1, 0.15) is 64.4 Å². The Morgan fingerprint density at radius 3 is 2.54 bits per heavy atom. The van der Waals surface area contributed by atoms with Crippen LogP contribution in [-0.2, 0) is 38.3 Å². The first-order valence-electron chi connectivity index (χ1n) is 16.8. The van der Waals surface area contributed by atoms with Crippen LogP contribution in [0.15, 0.2) is 36.4 Å². The minimum atomic E-state index is -0.651. The number of carbonyl (C=O) groups excluding carboxylic acids is 2. The Hall–Kier alpha value is -4.83. The van der Waals surface area contributed by atoms with Crippen molar-refractivity contribution in [3.63, 3.8) is 0 Å². The van der Waals surface area contributed by atoms with Gasteiger partial charge in [-0.2, -0.15) is 5.26 Å². The summed E-state index contributed by atoms with van der Waals surface area (Å²) in [6.07, 6.45) is 1.58. The summed E-state index contributed by atoms with van der Waals surface area (Å²) in [4.78, 5) is 30.2. The molecule has 2 bridgehead atoms. The Labute approximate surface area is 291 Å². The van der Waals surface area contributed by atoms with E-state index < -0.39 is 24.1 Å². The van der Waals surface area contributed by atoms with Crippen molar-refractivity contribution in [1.82, 2.24) is 9.80 Å². The van der Waals surface area contributed by atoms with Crippen molar-refractivity contribution in [2.45, 2.75) is 76.7 Å². The molecule has 4 heterocycles. The number of aromatic hydroxyl groups is 1. The van der Waals surface area contributed by atoms with Crippen molar-refractivity contribution in [2.24, 2.45) is 0 Å². The largest absolute Gasteiger partial charge is 0.504 e. The zero-order valence-corrected chi connectivity index (χ0v) is 28.9. The number of esters is 2. The highest BCUT2D eigenvalue weighted by atomic mass is 16.7. The van der Waals surface area contributed by atoms with Crippen LogP contribution in [0.4, 0.5) is 0 Å². The van der Waals surface area contributed by atoms with E-state index in [2.05, 4.69) is 15.9 Å². The molecular formula is C38H41N3O9. The molecule has 0 spiro atoms. The monoisotopic (exact) mass is 683 g/mol. The first-order valence-corrected chi connectivity index (χ1v) is 16.8. The Kier molecular flexibility index (Phi) is 9.07. The van der Waals surface area contributed by atoms with Crippen molar-refractivity contribution >= 4 is 11.9 Å². The summed E-state index contributed by atoms with van der Waals surface area (Å²) in [5.41, 5.74) is 5.51. The highest BCUT2D eigenvalue weighted by molar-refractivity contribution is 5.74. The van der Waals surface area contributed by atoms with Crippen LogP contribution in [0.5, 0.6) is 28.7 Å². The van der Waals surface area contributed by atoms with Crippen molar-refractivity contribution < 1.29 is 43.1 Å². The number of nitrogens with zero attached hydrogens (tertiary/aromatic N) is 3. The quantitative estimate of drug-likeness (QED) is 0.192. The second-order valence-corrected chi connectivity index (χ2v) is 13.4. The van der Waals surface area contributed by atoms with Gasteiger partial charge >= 0.3 is 11.9 Å². The highest BCUT2D eigenvalue weighted by Gasteiger charge is 2.57. The summed E-state index contributed by atoms with van der Waals surface area (Å²) in [5.74, 6) is 0.829. The lowest BCUT2D eigenvalue weighted by Gasteiger charge is -2.59. The van der Waals surface area contributed by atoms with Gasteiger partial charge in [0.1, 0.15) is 18.4 Å². The summed E-state index contributed by atoms with van der Waals surface area (Å²) in [6, 6.07) is 12.0. The number of fused-ring (bicyclic) bond motifs is 9. The normalized spacial score (nSPS) is 23.2. The van der Waals surface area contributed by atoms with Crippen LogP contribution >= 0.6 is 0 Å². The van der Waals surface area contributed by atoms with Crippen LogP contribution in [0.3, 0.4) is 0 Å². The summed E-state index contributed by atoms with van der Waals surface area (Å²) >= 11 is 0. The molecule has 12 heteroatoms. The molecule has 0 aromatic heterocycles. The maximum absolute atomic E-state index is 13.3. The first-order chi connectivity index (χ1) is 24.1. The number of nitriles is 1. The Balaban J connectivity index is 1.37. The predicted molar refractivity (Wildman–Crippen MR) is 179 cm³/mol. The highest BCUT2D eigenvalue weighted by Crippen LogP contribution is 2.58. The van der Waals surface area contributed by atoms with Gasteiger partial charge in [-0.05, 0) is 56.8 Å². The third kappa shape index (κ3) is 5.59. The van der Waals surface area contributed by atoms with E-state index in [0.717, 1.165) is 22.3 Å². The molecule has 3 aromatic rings. The van der Waals surface area contributed by atoms with E-state index in [-0.39, 0.29) is 50.4 Å². The minimum Gasteiger partial charge on any atom is -0.504 e. The van der Waals surface area contributed by atoms with E-state index in [0.29, 0.717) is 59.0 Å². The summed E-state index contributed by atoms with van der Waals surface area (Å²) in [6.45, 7) is 4.84. The molecule has 3 aromatic carbocycles. The number of phenolic OH excluding ortho intramolecular Hbond substituents is 1. The van der Waals surface area contributed by atoms with Gasteiger partial charge in [-0.15, -0.1) is 0 Å². The van der Waals surface area contributed by atoms with E-state index in [1.165, 1.54) is 14.0 Å². The number of hydrogen-bond acceptors (Lipinski definition) is 12. The van der Waals surface area contributed by atoms with Gasteiger partial charge in [0.25, 0.3) is 0 Å². The van der Waals surface area contributed by atoms with E-state index in [1.54, 1.807) is 0 Å². The number of methoxy groups -OCH3 is 1. The lowest BCUT2D eigenvalue weighted by molar-refractivity contribution is -0.149. The number of likely N-dealkylation sites (N-methyl/N-ethyl adjacent to an activating group) is 1. The zero-order valence-electron chi connectivity index (χ0n) is 28.9. The molecule has 50 heavy (non-hydrogen) atoms. The fraction of sp³-hybridized carbons (Fsp3) is 0.447. The Morgan fingerprint density at radius 2 is 1.82 bits per heavy atom. The molecule has 0 saturated carbocycles. The number of aryl methyl sites for hydroxylation is 2. The minimum absolute atomic E-state index is 0.0268. The molecule has 4 aliphatic rings. The Morgan fingerprint density at radius 1 is 1.06 bits per heavy atom. The van der Waals surface area contributed by atoms with Gasteiger partial charge in [-0.25, -0.2) is 0 Å². The molecular weight excluding hydrogens is 642 g/mol. The van der Waals surface area contributed by atoms with Crippen LogP contribution in [0, 0.1) is 25.2 Å². The molecule has 7 rings (SSSR count). The van der Waals surface area contributed by atoms with Crippen LogP contribution < -0.4 is 18.9 Å². The molecule has 12 nitrogen and oxygen atoms in total. The number of carbonyl (C=O) groups is 2. The van der Waals surface area contributed by atoms with Gasteiger partial charge in [0.15, 0.2) is 29.8 Å². The van der Waals surface area contributed by atoms with Crippen molar-refractivity contribution in [3.8, 4) is 34.8 Å². The molecule has 0 radical (unpaired) electrons. The molecule has 0 amide bonds. The standard InChI is InChI=1S/C38H41N3O9/c1-20-13-24-14-26-28(16-39)41-27(33(40(26)4)31(24)37(34(20)44)47-18-45-5)15-25-32(38-36(48-19-49-38)21(2)35(25)50-22(3)42)29(41)17-46-30(43)12-11-23-9-7-6-8-10-23/h6-10,13,26-29,33,44H,11-12,14-15,17-19H2,1-5H3/t26-,27?,28+,29+,33-/m1/s1. The molecule has 1 N–H and O–H groups in total. The van der Waals surface area contributed by atoms with Gasteiger partial charge in [0.2, 0.25) is 6.79 Å². The number of phenols is 1. The molecule has 4 aliphatic heterocycles. The lowest BCUT2D eigenvalue weighted by Crippen LogP contribution is -2.68. The van der Waals surface area contributed by atoms with Gasteiger partial charge in [0.05, 0.1) is 18.2 Å². The average molecular weight is 684 g/mol. The number of piperazine rings is 1.